The molecule has 0 radical (unpaired) electrons. The molecule has 2 atom stereocenters. The monoisotopic (exact) mass is 473 g/mol. The molecule has 0 aromatic carbocycles. The minimum absolute atomic E-state index is 0.331. The molecule has 0 aliphatic carbocycles. The molecule has 0 aliphatic rings. The highest BCUT2D eigenvalue weighted by Crippen LogP contribution is 2.32. The zero-order valence-electron chi connectivity index (χ0n) is 17.8. The summed E-state index contributed by atoms with van der Waals surface area (Å²) in [6.07, 6.45) is -10.1. The van der Waals surface area contributed by atoms with E-state index in [-0.39, 0.29) is 12.1 Å². The van der Waals surface area contributed by atoms with E-state index in [1.165, 1.54) is 28.4 Å². The van der Waals surface area contributed by atoms with Crippen molar-refractivity contribution >= 4 is 17.1 Å². The first-order chi connectivity index (χ1) is 13.3. The van der Waals surface area contributed by atoms with Gasteiger partial charge in [0.1, 0.15) is 0 Å². The van der Waals surface area contributed by atoms with E-state index >= 15 is 0 Å². The van der Waals surface area contributed by atoms with E-state index in [1.807, 2.05) is 0 Å². The maximum absolute atomic E-state index is 12.8. The molecule has 0 fully saturated rings. The zero-order valence-corrected chi connectivity index (χ0v) is 19.8. The molecule has 1 N–H and O–H groups in total. The number of hydrogen-bond acceptors (Lipinski definition) is 5. The predicted octanol–water partition coefficient (Wildman–Crippen LogP) is 4.59. The fourth-order valence-corrected chi connectivity index (χ4v) is 10.0. The van der Waals surface area contributed by atoms with Gasteiger partial charge in [0.05, 0.1) is 11.3 Å². The Morgan fingerprint density at radius 1 is 0.655 bits per heavy atom. The molecule has 176 valence electrons. The van der Waals surface area contributed by atoms with Crippen LogP contribution in [0.15, 0.2) is 0 Å². The Morgan fingerprint density at radius 3 is 1.10 bits per heavy atom. The average molecular weight is 474 g/mol. The van der Waals surface area contributed by atoms with E-state index < -0.39 is 53.6 Å². The van der Waals surface area contributed by atoms with Crippen LogP contribution in [0.2, 0.25) is 12.1 Å². The van der Waals surface area contributed by atoms with Crippen LogP contribution >= 0.6 is 0 Å². The van der Waals surface area contributed by atoms with Gasteiger partial charge in [0.25, 0.3) is 0 Å². The maximum atomic E-state index is 12.8. The van der Waals surface area contributed by atoms with Crippen molar-refractivity contribution in [3.8, 4) is 0 Å². The molecule has 0 saturated heterocycles. The number of rotatable bonds is 14. The highest BCUT2D eigenvalue weighted by molar-refractivity contribution is 6.71. The van der Waals surface area contributed by atoms with Crippen LogP contribution in [0.25, 0.3) is 0 Å². The van der Waals surface area contributed by atoms with Crippen molar-refractivity contribution in [2.75, 3.05) is 28.4 Å². The summed E-state index contributed by atoms with van der Waals surface area (Å²) < 4.78 is 98.8. The first-order valence-electron chi connectivity index (χ1n) is 9.38. The molecule has 0 amide bonds. The summed E-state index contributed by atoms with van der Waals surface area (Å²) in [6, 6.07) is -0.662. The molecule has 5 nitrogen and oxygen atoms in total. The molecule has 0 saturated carbocycles. The normalized spacial score (nSPS) is 16.1. The van der Waals surface area contributed by atoms with Crippen LogP contribution < -0.4 is 5.32 Å². The summed E-state index contributed by atoms with van der Waals surface area (Å²) in [7, 11) is -1.52. The van der Waals surface area contributed by atoms with E-state index in [4.69, 9.17) is 17.7 Å². The molecular weight excluding hydrogens is 440 g/mol. The highest BCUT2D eigenvalue weighted by Gasteiger charge is 2.52. The highest BCUT2D eigenvalue weighted by atomic mass is 28.4. The lowest BCUT2D eigenvalue weighted by molar-refractivity contribution is -0.132. The van der Waals surface area contributed by atoms with Crippen LogP contribution in [-0.4, -0.2) is 69.2 Å². The SMILES string of the molecule is CCC(NC(CC)[Si](CCC(F)(F)F)(OC)OC)[Si](CCC(F)(F)F)(OC)OC. The van der Waals surface area contributed by atoms with Crippen LogP contribution in [0.1, 0.15) is 39.5 Å². The van der Waals surface area contributed by atoms with Crippen LogP contribution in [0, 0.1) is 0 Å². The lowest BCUT2D eigenvalue weighted by Gasteiger charge is -2.42. The predicted molar refractivity (Wildman–Crippen MR) is 102 cm³/mol. The Labute approximate surface area is 170 Å². The van der Waals surface area contributed by atoms with Gasteiger partial charge in [-0.25, -0.2) is 0 Å². The van der Waals surface area contributed by atoms with E-state index in [2.05, 4.69) is 5.32 Å². The molecule has 0 bridgehead atoms. The molecule has 29 heavy (non-hydrogen) atoms. The summed E-state index contributed by atoms with van der Waals surface area (Å²) in [5.41, 5.74) is -1.18. The van der Waals surface area contributed by atoms with E-state index in [1.54, 1.807) is 13.8 Å². The van der Waals surface area contributed by atoms with Gasteiger partial charge in [0, 0.05) is 53.4 Å². The van der Waals surface area contributed by atoms with Crippen molar-refractivity contribution in [3.05, 3.63) is 0 Å². The van der Waals surface area contributed by atoms with Crippen molar-refractivity contribution in [1.29, 1.82) is 0 Å². The second-order valence-corrected chi connectivity index (χ2v) is 14.0. The zero-order chi connectivity index (χ0) is 22.9. The third kappa shape index (κ3) is 8.83. The Bertz CT molecular complexity index is 420. The van der Waals surface area contributed by atoms with Crippen molar-refractivity contribution in [2.24, 2.45) is 0 Å². The lowest BCUT2D eigenvalue weighted by atomic mass is 10.4. The average Bonchev–Trinajstić information content (AvgIpc) is 2.65. The smallest absolute Gasteiger partial charge is 0.389 e. The molecule has 0 aromatic heterocycles. The Hall–Kier alpha value is -0.186. The quantitative estimate of drug-likeness (QED) is 0.296. The summed E-state index contributed by atoms with van der Waals surface area (Å²) >= 11 is 0. The van der Waals surface area contributed by atoms with Crippen LogP contribution in [-0.2, 0) is 17.7 Å². The standard InChI is InChI=1S/C16H33F6NO4Si2/c1-7-13(28(24-3,25-4)11-9-15(17,18)19)23-14(8-2)29(26-5,27-6)12-10-16(20,21)22/h13-14,23H,7-12H2,1-6H3. The Kier molecular flexibility index (Phi) is 11.9. The largest absolute Gasteiger partial charge is 0.397 e. The van der Waals surface area contributed by atoms with Gasteiger partial charge in [-0.05, 0) is 12.8 Å². The molecule has 0 rings (SSSR count). The van der Waals surface area contributed by atoms with Gasteiger partial charge >= 0.3 is 29.5 Å². The topological polar surface area (TPSA) is 49.0 Å². The van der Waals surface area contributed by atoms with Gasteiger partial charge in [-0.1, -0.05) is 13.8 Å². The number of hydrogen-bond donors (Lipinski definition) is 1. The minimum Gasteiger partial charge on any atom is -0.397 e. The van der Waals surface area contributed by atoms with Crippen molar-refractivity contribution in [1.82, 2.24) is 5.32 Å². The molecule has 0 aliphatic heterocycles. The molecule has 2 unspecified atom stereocenters. The fourth-order valence-electron chi connectivity index (χ4n) is 3.48. The third-order valence-electron chi connectivity index (χ3n) is 5.18. The van der Waals surface area contributed by atoms with Crippen LogP contribution in [0.5, 0.6) is 0 Å². The van der Waals surface area contributed by atoms with Gasteiger partial charge in [-0.2, -0.15) is 26.3 Å². The van der Waals surface area contributed by atoms with Gasteiger partial charge in [-0.15, -0.1) is 0 Å². The van der Waals surface area contributed by atoms with E-state index in [0.717, 1.165) is 0 Å². The van der Waals surface area contributed by atoms with E-state index in [0.29, 0.717) is 12.8 Å². The molecule has 13 heteroatoms. The molecular formula is C16H33F6NO4Si2. The Morgan fingerprint density at radius 2 is 0.931 bits per heavy atom. The summed E-state index contributed by atoms with van der Waals surface area (Å²) in [5.74, 6) is 0. The number of nitrogens with one attached hydrogen (secondary N) is 1. The van der Waals surface area contributed by atoms with Gasteiger partial charge in [0.2, 0.25) is 0 Å². The number of alkyl halides is 6. The maximum Gasteiger partial charge on any atom is 0.389 e. The fraction of sp³-hybridized carbons (Fsp3) is 1.00. The van der Waals surface area contributed by atoms with Gasteiger partial charge in [-0.3, -0.25) is 0 Å². The van der Waals surface area contributed by atoms with E-state index in [9.17, 15) is 26.3 Å². The third-order valence-corrected chi connectivity index (χ3v) is 13.1. The van der Waals surface area contributed by atoms with Gasteiger partial charge < -0.3 is 23.0 Å². The lowest BCUT2D eigenvalue weighted by Crippen LogP contribution is -2.67. The summed E-state index contributed by atoms with van der Waals surface area (Å²) in [5, 5.41) is 3.20. The molecule has 0 heterocycles. The minimum atomic E-state index is -4.37. The molecule has 0 spiro atoms. The van der Waals surface area contributed by atoms with Crippen molar-refractivity contribution in [2.45, 2.75) is 75.3 Å². The summed E-state index contributed by atoms with van der Waals surface area (Å²) in [6.45, 7) is 3.52. The van der Waals surface area contributed by atoms with Crippen LogP contribution in [0.3, 0.4) is 0 Å². The van der Waals surface area contributed by atoms with Crippen molar-refractivity contribution < 1.29 is 44.0 Å². The molecule has 0 aromatic rings. The van der Waals surface area contributed by atoms with Crippen LogP contribution in [0.4, 0.5) is 26.3 Å². The first kappa shape index (κ1) is 28.8. The second kappa shape index (κ2) is 12.0. The van der Waals surface area contributed by atoms with Crippen molar-refractivity contribution in [3.63, 3.8) is 0 Å². The number of halogens is 6. The second-order valence-electron chi connectivity index (χ2n) is 6.76. The summed E-state index contributed by atoms with van der Waals surface area (Å²) in [4.78, 5) is 0. The van der Waals surface area contributed by atoms with Gasteiger partial charge in [0.15, 0.2) is 0 Å². The first-order valence-corrected chi connectivity index (χ1v) is 13.6. The Balaban J connectivity index is 5.72.